The fraction of sp³-hybridized carbons (Fsp3) is 0.100. The lowest BCUT2D eigenvalue weighted by molar-refractivity contribution is 0.0924. The molecule has 0 aliphatic heterocycles. The second-order valence-corrected chi connectivity index (χ2v) is 8.46. The van der Waals surface area contributed by atoms with Gasteiger partial charge >= 0.3 is 0 Å². The Labute approximate surface area is 170 Å². The molecule has 4 rings (SSSR count). The largest absolute Gasteiger partial charge is 0.449 e. The van der Waals surface area contributed by atoms with E-state index in [1.165, 1.54) is 18.3 Å². The molecule has 1 aromatic carbocycles. The minimum atomic E-state index is -3.96. The van der Waals surface area contributed by atoms with Crippen molar-refractivity contribution < 1.29 is 22.0 Å². The van der Waals surface area contributed by atoms with E-state index in [4.69, 9.17) is 4.42 Å². The van der Waals surface area contributed by atoms with Gasteiger partial charge in [0.25, 0.3) is 5.91 Å². The molecule has 0 unspecified atom stereocenters. The number of nitrogens with one attached hydrogen (secondary N) is 1. The van der Waals surface area contributed by atoms with Crippen molar-refractivity contribution >= 4 is 26.7 Å². The summed E-state index contributed by atoms with van der Waals surface area (Å²) in [6.07, 6.45) is 5.34. The maximum absolute atomic E-state index is 13.6. The lowest BCUT2D eigenvalue weighted by atomic mass is 10.2. The molecule has 0 aliphatic rings. The molecule has 0 radical (unpaired) electrons. The quantitative estimate of drug-likeness (QED) is 0.522. The van der Waals surface area contributed by atoms with Crippen LogP contribution in [-0.4, -0.2) is 29.3 Å². The van der Waals surface area contributed by atoms with Gasteiger partial charge in [0.15, 0.2) is 11.3 Å². The van der Waals surface area contributed by atoms with Crippen molar-refractivity contribution in [1.82, 2.24) is 20.3 Å². The van der Waals surface area contributed by atoms with E-state index in [-0.39, 0.29) is 27.9 Å². The van der Waals surface area contributed by atoms with Crippen LogP contribution in [0.5, 0.6) is 0 Å². The third-order valence-electron chi connectivity index (χ3n) is 4.27. The Balaban J connectivity index is 1.47. The van der Waals surface area contributed by atoms with Gasteiger partial charge in [-0.2, -0.15) is 0 Å². The molecule has 152 valence electrons. The standard InChI is InChI=1S/C20H15FN4O4S/c1-12-4-14(21)7-15(5-12)30(27,28)16-8-23-19(24-9-16)11-25-20(26)17-6-13-2-3-22-10-18(13)29-17/h2-10H,11H2,1H3,(H,25,26). The molecule has 1 N–H and O–H groups in total. The highest BCUT2D eigenvalue weighted by Crippen LogP contribution is 2.22. The van der Waals surface area contributed by atoms with Gasteiger partial charge in [-0.3, -0.25) is 9.78 Å². The number of rotatable bonds is 5. The molecule has 30 heavy (non-hydrogen) atoms. The highest BCUT2D eigenvalue weighted by molar-refractivity contribution is 7.91. The van der Waals surface area contributed by atoms with E-state index in [0.717, 1.165) is 23.8 Å². The summed E-state index contributed by atoms with van der Waals surface area (Å²) in [6.45, 7) is 1.57. The molecule has 0 aliphatic carbocycles. The molecule has 10 heteroatoms. The maximum Gasteiger partial charge on any atom is 0.287 e. The summed E-state index contributed by atoms with van der Waals surface area (Å²) in [4.78, 5) is 23.8. The number of carbonyl (C=O) groups is 1. The fourth-order valence-corrected chi connectivity index (χ4v) is 4.07. The number of nitrogens with zero attached hydrogens (tertiary/aromatic N) is 3. The lowest BCUT2D eigenvalue weighted by Crippen LogP contribution is -2.23. The van der Waals surface area contributed by atoms with Gasteiger partial charge in [0.1, 0.15) is 16.5 Å². The first-order valence-corrected chi connectivity index (χ1v) is 10.3. The Kier molecular flexibility index (Phi) is 5.00. The molecule has 0 atom stereocenters. The number of aryl methyl sites for hydroxylation is 1. The van der Waals surface area contributed by atoms with Gasteiger partial charge in [-0.1, -0.05) is 0 Å². The maximum atomic E-state index is 13.6. The Morgan fingerprint density at radius 3 is 2.57 bits per heavy atom. The van der Waals surface area contributed by atoms with Crippen LogP contribution in [0.15, 0.2) is 69.3 Å². The monoisotopic (exact) mass is 426 g/mol. The minimum absolute atomic E-state index is 0.0342. The van der Waals surface area contributed by atoms with Crippen molar-refractivity contribution in [2.75, 3.05) is 0 Å². The van der Waals surface area contributed by atoms with Crippen LogP contribution in [0.3, 0.4) is 0 Å². The second-order valence-electron chi connectivity index (χ2n) is 6.51. The second kappa shape index (κ2) is 7.64. The molecule has 4 aromatic rings. The normalized spacial score (nSPS) is 11.5. The van der Waals surface area contributed by atoms with Crippen LogP contribution in [0.1, 0.15) is 21.9 Å². The van der Waals surface area contributed by atoms with Gasteiger partial charge in [-0.15, -0.1) is 0 Å². The van der Waals surface area contributed by atoms with Gasteiger partial charge in [-0.25, -0.2) is 22.8 Å². The summed E-state index contributed by atoms with van der Waals surface area (Å²) in [6, 6.07) is 6.86. The topological polar surface area (TPSA) is 115 Å². The predicted octanol–water partition coefficient (Wildman–Crippen LogP) is 2.83. The summed E-state index contributed by atoms with van der Waals surface area (Å²) >= 11 is 0. The highest BCUT2D eigenvalue weighted by atomic mass is 32.2. The molecule has 0 spiro atoms. The number of sulfone groups is 1. The van der Waals surface area contributed by atoms with Crippen molar-refractivity contribution in [1.29, 1.82) is 0 Å². The van der Waals surface area contributed by atoms with Crippen molar-refractivity contribution in [3.8, 4) is 0 Å². The number of halogens is 1. The van der Waals surface area contributed by atoms with Crippen LogP contribution in [0.25, 0.3) is 11.0 Å². The van der Waals surface area contributed by atoms with Crippen molar-refractivity contribution in [2.45, 2.75) is 23.3 Å². The molecule has 0 saturated carbocycles. The van der Waals surface area contributed by atoms with Crippen molar-refractivity contribution in [3.63, 3.8) is 0 Å². The number of amides is 1. The van der Waals surface area contributed by atoms with E-state index < -0.39 is 21.6 Å². The molecule has 1 amide bonds. The Hall–Kier alpha value is -3.66. The average Bonchev–Trinajstić information content (AvgIpc) is 3.16. The lowest BCUT2D eigenvalue weighted by Gasteiger charge is -2.07. The first-order valence-electron chi connectivity index (χ1n) is 8.78. The molecule has 0 bridgehead atoms. The third-order valence-corrected chi connectivity index (χ3v) is 5.96. The molecule has 3 heterocycles. The number of pyridine rings is 1. The first-order chi connectivity index (χ1) is 14.3. The van der Waals surface area contributed by atoms with Gasteiger partial charge in [0, 0.05) is 24.0 Å². The van der Waals surface area contributed by atoms with E-state index in [2.05, 4.69) is 20.3 Å². The van der Waals surface area contributed by atoms with Crippen LogP contribution in [0, 0.1) is 12.7 Å². The van der Waals surface area contributed by atoms with Crippen molar-refractivity contribution in [2.24, 2.45) is 0 Å². The summed E-state index contributed by atoms with van der Waals surface area (Å²) in [7, 11) is -3.96. The zero-order valence-electron chi connectivity index (χ0n) is 15.7. The SMILES string of the molecule is Cc1cc(F)cc(S(=O)(=O)c2cnc(CNC(=O)c3cc4ccncc4o3)nc2)c1. The predicted molar refractivity (Wildman–Crippen MR) is 104 cm³/mol. The third kappa shape index (κ3) is 3.90. The summed E-state index contributed by atoms with van der Waals surface area (Å²) in [5.41, 5.74) is 0.969. The number of furan rings is 1. The number of aromatic nitrogens is 3. The van der Waals surface area contributed by atoms with Gasteiger partial charge < -0.3 is 9.73 Å². The van der Waals surface area contributed by atoms with Crippen LogP contribution >= 0.6 is 0 Å². The zero-order chi connectivity index (χ0) is 21.3. The van der Waals surface area contributed by atoms with Crippen LogP contribution in [0.4, 0.5) is 4.39 Å². The average molecular weight is 426 g/mol. The summed E-state index contributed by atoms with van der Waals surface area (Å²) in [5, 5.41) is 3.35. The van der Waals surface area contributed by atoms with E-state index in [0.29, 0.717) is 11.1 Å². The van der Waals surface area contributed by atoms with Gasteiger partial charge in [-0.05, 0) is 42.8 Å². The minimum Gasteiger partial charge on any atom is -0.449 e. The number of hydrogen-bond donors (Lipinski definition) is 1. The molecular formula is C20H15FN4O4S. The molecule has 0 fully saturated rings. The number of fused-ring (bicyclic) bond motifs is 1. The van der Waals surface area contributed by atoms with Gasteiger partial charge in [0.05, 0.1) is 17.6 Å². The molecule has 0 saturated heterocycles. The smallest absolute Gasteiger partial charge is 0.287 e. The number of benzene rings is 1. The summed E-state index contributed by atoms with van der Waals surface area (Å²) < 4.78 is 44.3. The first kappa shape index (κ1) is 19.6. The Morgan fingerprint density at radius 1 is 1.10 bits per heavy atom. The Morgan fingerprint density at radius 2 is 1.87 bits per heavy atom. The number of hydrogen-bond acceptors (Lipinski definition) is 7. The van der Waals surface area contributed by atoms with E-state index >= 15 is 0 Å². The summed E-state index contributed by atoms with van der Waals surface area (Å²) in [5.74, 6) is -0.800. The number of carbonyl (C=O) groups excluding carboxylic acids is 1. The van der Waals surface area contributed by atoms with E-state index in [9.17, 15) is 17.6 Å². The molecular weight excluding hydrogens is 411 g/mol. The van der Waals surface area contributed by atoms with Crippen molar-refractivity contribution in [3.05, 3.63) is 78.1 Å². The van der Waals surface area contributed by atoms with Crippen LogP contribution in [0.2, 0.25) is 0 Å². The Bertz CT molecular complexity index is 1300. The highest BCUT2D eigenvalue weighted by Gasteiger charge is 2.20. The van der Waals surface area contributed by atoms with Gasteiger partial charge in [0.2, 0.25) is 9.84 Å². The van der Waals surface area contributed by atoms with E-state index in [1.807, 2.05) is 0 Å². The van der Waals surface area contributed by atoms with Crippen LogP contribution < -0.4 is 5.32 Å². The van der Waals surface area contributed by atoms with Crippen LogP contribution in [-0.2, 0) is 16.4 Å². The molecule has 3 aromatic heterocycles. The fourth-order valence-electron chi connectivity index (χ4n) is 2.81. The zero-order valence-corrected chi connectivity index (χ0v) is 16.5. The molecule has 8 nitrogen and oxygen atoms in total. The van der Waals surface area contributed by atoms with E-state index in [1.54, 1.807) is 25.3 Å².